The standard InChI is InChI=1S/C13H25NO2S/c1-10(2)17-11-6-8-14(9-7-11)12(15)16-13(3,4)5/h10-11H,6-9H2,1-5H3. The van der Waals surface area contributed by atoms with Crippen LogP contribution in [0.1, 0.15) is 47.5 Å². The van der Waals surface area contributed by atoms with Crippen molar-refractivity contribution in [1.29, 1.82) is 0 Å². The summed E-state index contributed by atoms with van der Waals surface area (Å²) >= 11 is 2.02. The summed E-state index contributed by atoms with van der Waals surface area (Å²) in [6, 6.07) is 0. The third-order valence-electron chi connectivity index (χ3n) is 2.56. The Labute approximate surface area is 109 Å². The van der Waals surface area contributed by atoms with E-state index in [2.05, 4.69) is 13.8 Å². The average molecular weight is 259 g/mol. The van der Waals surface area contributed by atoms with Crippen LogP contribution in [0.5, 0.6) is 0 Å². The van der Waals surface area contributed by atoms with E-state index in [-0.39, 0.29) is 11.7 Å². The van der Waals surface area contributed by atoms with Crippen molar-refractivity contribution in [2.45, 2.75) is 63.6 Å². The molecule has 17 heavy (non-hydrogen) atoms. The van der Waals surface area contributed by atoms with E-state index in [0.717, 1.165) is 25.9 Å². The molecule has 0 unspecified atom stereocenters. The van der Waals surface area contributed by atoms with Gasteiger partial charge in [-0.2, -0.15) is 11.8 Å². The van der Waals surface area contributed by atoms with Crippen LogP contribution in [0.3, 0.4) is 0 Å². The van der Waals surface area contributed by atoms with E-state index in [0.29, 0.717) is 10.5 Å². The van der Waals surface area contributed by atoms with Gasteiger partial charge in [-0.15, -0.1) is 0 Å². The first kappa shape index (κ1) is 14.7. The lowest BCUT2D eigenvalue weighted by Gasteiger charge is -2.33. The van der Waals surface area contributed by atoms with Crippen LogP contribution in [-0.2, 0) is 4.74 Å². The van der Waals surface area contributed by atoms with E-state index < -0.39 is 0 Å². The van der Waals surface area contributed by atoms with Crippen molar-refractivity contribution < 1.29 is 9.53 Å². The Kier molecular flexibility index (Phi) is 5.17. The zero-order valence-electron chi connectivity index (χ0n) is 11.7. The number of carbonyl (C=O) groups is 1. The fourth-order valence-corrected chi connectivity index (χ4v) is 3.14. The van der Waals surface area contributed by atoms with E-state index in [1.165, 1.54) is 0 Å². The molecular weight excluding hydrogens is 234 g/mol. The molecule has 0 aliphatic carbocycles. The number of rotatable bonds is 2. The lowest BCUT2D eigenvalue weighted by Crippen LogP contribution is -2.42. The van der Waals surface area contributed by atoms with Crippen molar-refractivity contribution in [2.24, 2.45) is 0 Å². The second kappa shape index (κ2) is 5.98. The molecule has 1 aliphatic heterocycles. The maximum atomic E-state index is 11.8. The van der Waals surface area contributed by atoms with Gasteiger partial charge in [0.2, 0.25) is 0 Å². The summed E-state index contributed by atoms with van der Waals surface area (Å²) in [6.07, 6.45) is 2.01. The van der Waals surface area contributed by atoms with E-state index in [4.69, 9.17) is 4.74 Å². The first-order chi connectivity index (χ1) is 7.78. The van der Waals surface area contributed by atoms with Gasteiger partial charge in [-0.25, -0.2) is 4.79 Å². The first-order valence-corrected chi connectivity index (χ1v) is 7.35. The van der Waals surface area contributed by atoms with Gasteiger partial charge >= 0.3 is 6.09 Å². The van der Waals surface area contributed by atoms with Gasteiger partial charge in [-0.3, -0.25) is 0 Å². The van der Waals surface area contributed by atoms with Crippen LogP contribution in [0.25, 0.3) is 0 Å². The Morgan fingerprint density at radius 3 is 2.24 bits per heavy atom. The predicted molar refractivity (Wildman–Crippen MR) is 73.6 cm³/mol. The van der Waals surface area contributed by atoms with Gasteiger partial charge in [0.05, 0.1) is 0 Å². The summed E-state index contributed by atoms with van der Waals surface area (Å²) in [4.78, 5) is 13.7. The Hall–Kier alpha value is -0.380. The van der Waals surface area contributed by atoms with E-state index in [1.54, 1.807) is 0 Å². The Bertz CT molecular complexity index is 253. The molecule has 1 aliphatic rings. The van der Waals surface area contributed by atoms with Crippen molar-refractivity contribution in [1.82, 2.24) is 4.90 Å². The Morgan fingerprint density at radius 2 is 1.82 bits per heavy atom. The highest BCUT2D eigenvalue weighted by atomic mass is 32.2. The molecule has 0 aromatic rings. The zero-order valence-corrected chi connectivity index (χ0v) is 12.5. The molecule has 0 N–H and O–H groups in total. The van der Waals surface area contributed by atoms with Gasteiger partial charge in [0.15, 0.2) is 0 Å². The molecule has 1 amide bonds. The molecule has 0 aromatic heterocycles. The van der Waals surface area contributed by atoms with Crippen molar-refractivity contribution in [2.75, 3.05) is 13.1 Å². The molecule has 1 saturated heterocycles. The highest BCUT2D eigenvalue weighted by Gasteiger charge is 2.27. The molecular formula is C13H25NO2S. The van der Waals surface area contributed by atoms with Gasteiger partial charge < -0.3 is 9.64 Å². The summed E-state index contributed by atoms with van der Waals surface area (Å²) in [5.41, 5.74) is -0.388. The van der Waals surface area contributed by atoms with E-state index in [1.807, 2.05) is 37.4 Å². The van der Waals surface area contributed by atoms with Crippen molar-refractivity contribution in [3.63, 3.8) is 0 Å². The van der Waals surface area contributed by atoms with Crippen LogP contribution < -0.4 is 0 Å². The normalized spacial score (nSPS) is 18.6. The number of ether oxygens (including phenoxy) is 1. The van der Waals surface area contributed by atoms with Crippen LogP contribution in [0.15, 0.2) is 0 Å². The number of hydrogen-bond donors (Lipinski definition) is 0. The van der Waals surface area contributed by atoms with Crippen LogP contribution in [-0.4, -0.2) is 40.2 Å². The summed E-state index contributed by atoms with van der Waals surface area (Å²) in [5, 5.41) is 1.38. The van der Waals surface area contributed by atoms with Crippen molar-refractivity contribution >= 4 is 17.9 Å². The predicted octanol–water partition coefficient (Wildman–Crippen LogP) is 3.53. The van der Waals surface area contributed by atoms with Crippen LogP contribution >= 0.6 is 11.8 Å². The summed E-state index contributed by atoms with van der Waals surface area (Å²) in [6.45, 7) is 11.8. The topological polar surface area (TPSA) is 29.5 Å². The third kappa shape index (κ3) is 5.66. The minimum absolute atomic E-state index is 0.162. The summed E-state index contributed by atoms with van der Waals surface area (Å²) in [5.74, 6) is 0. The fourth-order valence-electron chi connectivity index (χ4n) is 1.89. The SMILES string of the molecule is CC(C)SC1CCN(C(=O)OC(C)(C)C)CC1. The quantitative estimate of drug-likeness (QED) is 0.760. The number of carbonyl (C=O) groups excluding carboxylic acids is 1. The van der Waals surface area contributed by atoms with Gasteiger partial charge in [0.1, 0.15) is 5.60 Å². The molecule has 0 bridgehead atoms. The second-order valence-corrected chi connectivity index (χ2v) is 7.73. The fraction of sp³-hybridized carbons (Fsp3) is 0.923. The number of piperidine rings is 1. The molecule has 3 nitrogen and oxygen atoms in total. The molecule has 0 saturated carbocycles. The van der Waals surface area contributed by atoms with Crippen molar-refractivity contribution in [3.8, 4) is 0 Å². The maximum Gasteiger partial charge on any atom is 0.410 e. The molecule has 0 radical (unpaired) electrons. The molecule has 1 rings (SSSR count). The minimum atomic E-state index is -0.388. The third-order valence-corrected chi connectivity index (χ3v) is 3.96. The highest BCUT2D eigenvalue weighted by molar-refractivity contribution is 8.00. The van der Waals surface area contributed by atoms with E-state index >= 15 is 0 Å². The average Bonchev–Trinajstić information content (AvgIpc) is 2.15. The second-order valence-electron chi connectivity index (χ2n) is 5.85. The molecule has 1 heterocycles. The van der Waals surface area contributed by atoms with Crippen LogP contribution in [0.2, 0.25) is 0 Å². The van der Waals surface area contributed by atoms with E-state index in [9.17, 15) is 4.79 Å². The number of hydrogen-bond acceptors (Lipinski definition) is 3. The minimum Gasteiger partial charge on any atom is -0.444 e. The molecule has 0 spiro atoms. The molecule has 1 fully saturated rings. The molecule has 0 atom stereocenters. The zero-order chi connectivity index (χ0) is 13.1. The van der Waals surface area contributed by atoms with Gasteiger partial charge in [0, 0.05) is 18.3 Å². The van der Waals surface area contributed by atoms with Gasteiger partial charge in [0.25, 0.3) is 0 Å². The van der Waals surface area contributed by atoms with Crippen LogP contribution in [0, 0.1) is 0 Å². The Balaban J connectivity index is 2.34. The lowest BCUT2D eigenvalue weighted by atomic mass is 10.1. The molecule has 4 heteroatoms. The number of likely N-dealkylation sites (tertiary alicyclic amines) is 1. The van der Waals surface area contributed by atoms with Crippen molar-refractivity contribution in [3.05, 3.63) is 0 Å². The molecule has 0 aromatic carbocycles. The number of nitrogens with zero attached hydrogens (tertiary/aromatic N) is 1. The smallest absolute Gasteiger partial charge is 0.410 e. The van der Waals surface area contributed by atoms with Gasteiger partial charge in [-0.1, -0.05) is 13.8 Å². The first-order valence-electron chi connectivity index (χ1n) is 6.41. The molecule has 100 valence electrons. The Morgan fingerprint density at radius 1 is 1.29 bits per heavy atom. The van der Waals surface area contributed by atoms with Gasteiger partial charge in [-0.05, 0) is 38.9 Å². The highest BCUT2D eigenvalue weighted by Crippen LogP contribution is 2.27. The summed E-state index contributed by atoms with van der Waals surface area (Å²) < 4.78 is 5.37. The van der Waals surface area contributed by atoms with Crippen LogP contribution in [0.4, 0.5) is 4.79 Å². The summed E-state index contributed by atoms with van der Waals surface area (Å²) in [7, 11) is 0. The number of thioether (sulfide) groups is 1. The monoisotopic (exact) mass is 259 g/mol. The maximum absolute atomic E-state index is 11.8. The largest absolute Gasteiger partial charge is 0.444 e. The lowest BCUT2D eigenvalue weighted by molar-refractivity contribution is 0.0219. The number of amides is 1.